The molecule has 0 fully saturated rings. The normalized spacial score (nSPS) is 10.8. The topological polar surface area (TPSA) is 42.2 Å². The molecular weight excluding hydrogens is 250 g/mol. The van der Waals surface area contributed by atoms with Gasteiger partial charge in [-0.2, -0.15) is 0 Å². The highest BCUT2D eigenvalue weighted by Crippen LogP contribution is 2.19. The maximum absolute atomic E-state index is 11.6. The fraction of sp³-hybridized carbons (Fsp3) is 0.0714. The van der Waals surface area contributed by atoms with Gasteiger partial charge in [-0.1, -0.05) is 17.7 Å². The minimum Gasteiger partial charge on any atom is -0.465 e. The highest BCUT2D eigenvalue weighted by Gasteiger charge is 2.01. The van der Waals surface area contributed by atoms with Crippen molar-refractivity contribution in [1.82, 2.24) is 0 Å². The van der Waals surface area contributed by atoms with Gasteiger partial charge >= 0.3 is 0 Å². The molecule has 0 radical (unpaired) electrons. The number of nitrogens with one attached hydrogen (secondary N) is 1. The maximum atomic E-state index is 11.6. The van der Waals surface area contributed by atoms with E-state index in [-0.39, 0.29) is 5.91 Å². The molecule has 0 atom stereocenters. The molecule has 1 amide bonds. The second-order valence-electron chi connectivity index (χ2n) is 3.80. The van der Waals surface area contributed by atoms with E-state index in [1.165, 1.54) is 6.08 Å². The third-order valence-electron chi connectivity index (χ3n) is 2.38. The van der Waals surface area contributed by atoms with Crippen molar-refractivity contribution in [3.63, 3.8) is 0 Å². The first-order chi connectivity index (χ1) is 8.65. The van der Waals surface area contributed by atoms with Gasteiger partial charge in [0.25, 0.3) is 0 Å². The van der Waals surface area contributed by atoms with E-state index in [9.17, 15) is 4.79 Å². The molecule has 1 heterocycles. The Bertz CT molecular complexity index is 573. The van der Waals surface area contributed by atoms with Crippen LogP contribution in [0.4, 0.5) is 5.69 Å². The first-order valence-corrected chi connectivity index (χ1v) is 5.81. The molecule has 0 spiro atoms. The first-order valence-electron chi connectivity index (χ1n) is 5.44. The zero-order valence-electron chi connectivity index (χ0n) is 9.81. The number of halogens is 1. The lowest BCUT2D eigenvalue weighted by Gasteiger charge is -2.04. The molecule has 0 aliphatic rings. The lowest BCUT2D eigenvalue weighted by atomic mass is 10.2. The number of rotatable bonds is 3. The number of hydrogen-bond donors (Lipinski definition) is 1. The standard InChI is InChI=1S/C14H12ClNO2/c1-10-4-5-11(9-13(10)15)16-14(17)7-6-12-3-2-8-18-12/h2-9H,1H3,(H,16,17)/b7-6+. The summed E-state index contributed by atoms with van der Waals surface area (Å²) in [4.78, 5) is 11.6. The molecule has 0 aliphatic carbocycles. The van der Waals surface area contributed by atoms with Crippen molar-refractivity contribution in [2.45, 2.75) is 6.92 Å². The molecule has 0 saturated heterocycles. The first kappa shape index (κ1) is 12.5. The van der Waals surface area contributed by atoms with E-state index in [0.29, 0.717) is 16.5 Å². The van der Waals surface area contributed by atoms with Gasteiger partial charge in [0.05, 0.1) is 6.26 Å². The maximum Gasteiger partial charge on any atom is 0.248 e. The van der Waals surface area contributed by atoms with Crippen molar-refractivity contribution >= 4 is 29.3 Å². The van der Waals surface area contributed by atoms with Crippen molar-refractivity contribution in [3.05, 3.63) is 59.0 Å². The smallest absolute Gasteiger partial charge is 0.248 e. The monoisotopic (exact) mass is 261 g/mol. The number of furan rings is 1. The molecule has 0 aliphatic heterocycles. The third-order valence-corrected chi connectivity index (χ3v) is 2.79. The van der Waals surface area contributed by atoms with Crippen molar-refractivity contribution in [2.24, 2.45) is 0 Å². The van der Waals surface area contributed by atoms with E-state index in [2.05, 4.69) is 5.32 Å². The van der Waals surface area contributed by atoms with E-state index in [0.717, 1.165) is 5.56 Å². The number of carbonyl (C=O) groups is 1. The average molecular weight is 262 g/mol. The lowest BCUT2D eigenvalue weighted by molar-refractivity contribution is -0.111. The Morgan fingerprint density at radius 3 is 2.89 bits per heavy atom. The van der Waals surface area contributed by atoms with Gasteiger partial charge < -0.3 is 9.73 Å². The lowest BCUT2D eigenvalue weighted by Crippen LogP contribution is -2.07. The molecule has 1 aromatic heterocycles. The second-order valence-corrected chi connectivity index (χ2v) is 4.21. The van der Waals surface area contributed by atoms with Crippen molar-refractivity contribution in [3.8, 4) is 0 Å². The molecule has 3 nitrogen and oxygen atoms in total. The van der Waals surface area contributed by atoms with Gasteiger partial charge in [0.15, 0.2) is 0 Å². The highest BCUT2D eigenvalue weighted by atomic mass is 35.5. The summed E-state index contributed by atoms with van der Waals surface area (Å²) in [6, 6.07) is 8.91. The minimum absolute atomic E-state index is 0.230. The van der Waals surface area contributed by atoms with Crippen LogP contribution in [0, 0.1) is 6.92 Å². The Balaban J connectivity index is 2.01. The fourth-order valence-electron chi connectivity index (χ4n) is 1.40. The Labute approximate surface area is 110 Å². The van der Waals surface area contributed by atoms with Crippen LogP contribution in [0.5, 0.6) is 0 Å². The molecular formula is C14H12ClNO2. The van der Waals surface area contributed by atoms with E-state index >= 15 is 0 Å². The zero-order chi connectivity index (χ0) is 13.0. The van der Waals surface area contributed by atoms with Gasteiger partial charge in [-0.05, 0) is 42.8 Å². The van der Waals surface area contributed by atoms with Crippen LogP contribution >= 0.6 is 11.6 Å². The summed E-state index contributed by atoms with van der Waals surface area (Å²) in [6.45, 7) is 1.91. The predicted octanol–water partition coefficient (Wildman–Crippen LogP) is 3.89. The van der Waals surface area contributed by atoms with E-state index in [4.69, 9.17) is 16.0 Å². The SMILES string of the molecule is Cc1ccc(NC(=O)/C=C/c2ccco2)cc1Cl. The van der Waals surface area contributed by atoms with Gasteiger partial charge in [-0.25, -0.2) is 0 Å². The minimum atomic E-state index is -0.230. The average Bonchev–Trinajstić information content (AvgIpc) is 2.84. The van der Waals surface area contributed by atoms with Crippen LogP contribution in [0.3, 0.4) is 0 Å². The summed E-state index contributed by atoms with van der Waals surface area (Å²) in [5, 5.41) is 3.35. The van der Waals surface area contributed by atoms with Gasteiger partial charge in [-0.3, -0.25) is 4.79 Å². The van der Waals surface area contributed by atoms with Crippen molar-refractivity contribution in [2.75, 3.05) is 5.32 Å². The Morgan fingerprint density at radius 1 is 1.39 bits per heavy atom. The molecule has 2 rings (SSSR count). The highest BCUT2D eigenvalue weighted by molar-refractivity contribution is 6.31. The summed E-state index contributed by atoms with van der Waals surface area (Å²) in [6.07, 6.45) is 4.56. The molecule has 0 bridgehead atoms. The van der Waals surface area contributed by atoms with E-state index in [1.807, 2.05) is 13.0 Å². The summed E-state index contributed by atoms with van der Waals surface area (Å²) >= 11 is 5.97. The third kappa shape index (κ3) is 3.25. The number of aryl methyl sites for hydroxylation is 1. The fourth-order valence-corrected chi connectivity index (χ4v) is 1.58. The summed E-state index contributed by atoms with van der Waals surface area (Å²) < 4.78 is 5.08. The van der Waals surface area contributed by atoms with Crippen LogP contribution in [0.2, 0.25) is 5.02 Å². The van der Waals surface area contributed by atoms with Gasteiger partial charge in [0.1, 0.15) is 5.76 Å². The van der Waals surface area contributed by atoms with Crippen LogP contribution in [0.1, 0.15) is 11.3 Å². The Kier molecular flexibility index (Phi) is 3.85. The van der Waals surface area contributed by atoms with Gasteiger partial charge in [0, 0.05) is 16.8 Å². The van der Waals surface area contributed by atoms with Gasteiger partial charge in [0.2, 0.25) is 5.91 Å². The number of amides is 1. The summed E-state index contributed by atoms with van der Waals surface area (Å²) in [5.74, 6) is 0.401. The second kappa shape index (κ2) is 5.56. The van der Waals surface area contributed by atoms with E-state index < -0.39 is 0 Å². The molecule has 1 N–H and O–H groups in total. The van der Waals surface area contributed by atoms with Crippen LogP contribution in [0.15, 0.2) is 47.1 Å². The quantitative estimate of drug-likeness (QED) is 0.852. The molecule has 1 aromatic carbocycles. The van der Waals surface area contributed by atoms with Crippen molar-refractivity contribution in [1.29, 1.82) is 0 Å². The van der Waals surface area contributed by atoms with Crippen LogP contribution in [-0.2, 0) is 4.79 Å². The number of anilines is 1. The summed E-state index contributed by atoms with van der Waals surface area (Å²) in [7, 11) is 0. The molecule has 4 heteroatoms. The van der Waals surface area contributed by atoms with Crippen LogP contribution in [0.25, 0.3) is 6.08 Å². The number of carbonyl (C=O) groups excluding carboxylic acids is 1. The Morgan fingerprint density at radius 2 is 2.22 bits per heavy atom. The molecule has 0 unspecified atom stereocenters. The van der Waals surface area contributed by atoms with Crippen LogP contribution < -0.4 is 5.32 Å². The molecule has 92 valence electrons. The van der Waals surface area contributed by atoms with Gasteiger partial charge in [-0.15, -0.1) is 0 Å². The van der Waals surface area contributed by atoms with Crippen molar-refractivity contribution < 1.29 is 9.21 Å². The largest absolute Gasteiger partial charge is 0.465 e. The Hall–Kier alpha value is -2.00. The summed E-state index contributed by atoms with van der Waals surface area (Å²) in [5.41, 5.74) is 1.64. The predicted molar refractivity (Wildman–Crippen MR) is 72.6 cm³/mol. The molecule has 0 saturated carbocycles. The number of hydrogen-bond acceptors (Lipinski definition) is 2. The molecule has 2 aromatic rings. The molecule has 18 heavy (non-hydrogen) atoms. The number of benzene rings is 1. The van der Waals surface area contributed by atoms with E-state index in [1.54, 1.807) is 36.6 Å². The zero-order valence-corrected chi connectivity index (χ0v) is 10.6. The van der Waals surface area contributed by atoms with Crippen LogP contribution in [-0.4, -0.2) is 5.91 Å².